The first-order valence-corrected chi connectivity index (χ1v) is 14.2. The van der Waals surface area contributed by atoms with E-state index in [0.717, 1.165) is 4.70 Å². The highest BCUT2D eigenvalue weighted by Crippen LogP contribution is 2.36. The summed E-state index contributed by atoms with van der Waals surface area (Å²) in [5, 5.41) is 0.893. The Hall–Kier alpha value is -2.92. The Kier molecular flexibility index (Phi) is 7.03. The van der Waals surface area contributed by atoms with Crippen molar-refractivity contribution in [3.63, 3.8) is 0 Å². The molecule has 0 N–H and O–H groups in total. The number of ether oxygens (including phenoxy) is 1. The van der Waals surface area contributed by atoms with Crippen LogP contribution >= 0.6 is 22.9 Å². The first-order chi connectivity index (χ1) is 17.4. The zero-order valence-corrected chi connectivity index (χ0v) is 21.9. The van der Waals surface area contributed by atoms with Gasteiger partial charge in [0.2, 0.25) is 15.9 Å². The number of anilines is 1. The monoisotopic (exact) mass is 545 g/mol. The molecular formula is C25H24ClN3O5S2. The quantitative estimate of drug-likeness (QED) is 0.297. The van der Waals surface area contributed by atoms with Crippen LogP contribution in [0, 0.1) is 0 Å². The van der Waals surface area contributed by atoms with Crippen LogP contribution in [0.15, 0.2) is 70.2 Å². The van der Waals surface area contributed by atoms with E-state index in [-0.39, 0.29) is 23.9 Å². The van der Waals surface area contributed by atoms with Gasteiger partial charge in [0, 0.05) is 11.6 Å². The van der Waals surface area contributed by atoms with E-state index in [9.17, 15) is 13.2 Å². The van der Waals surface area contributed by atoms with Crippen molar-refractivity contribution < 1.29 is 22.4 Å². The molecule has 5 rings (SSSR count). The minimum absolute atomic E-state index is 0.102. The van der Waals surface area contributed by atoms with Crippen LogP contribution in [0.1, 0.15) is 25.5 Å². The number of fused-ring (bicyclic) bond motifs is 1. The number of furan rings is 1. The number of rotatable bonds is 8. The Bertz CT molecular complexity index is 1470. The summed E-state index contributed by atoms with van der Waals surface area (Å²) in [4.78, 5) is 20.3. The highest BCUT2D eigenvalue weighted by molar-refractivity contribution is 7.89. The van der Waals surface area contributed by atoms with Gasteiger partial charge in [0.25, 0.3) is 0 Å². The lowest BCUT2D eigenvalue weighted by molar-refractivity contribution is -0.121. The number of aromatic nitrogens is 1. The Morgan fingerprint density at radius 2 is 2.03 bits per heavy atom. The van der Waals surface area contributed by atoms with Crippen molar-refractivity contribution >= 4 is 54.2 Å². The van der Waals surface area contributed by atoms with E-state index in [4.69, 9.17) is 25.7 Å². The van der Waals surface area contributed by atoms with Gasteiger partial charge in [-0.1, -0.05) is 29.0 Å². The molecule has 1 aliphatic heterocycles. The molecule has 0 spiro atoms. The Morgan fingerprint density at radius 3 is 2.75 bits per heavy atom. The Balaban J connectivity index is 1.52. The average Bonchev–Trinajstić information content (AvgIpc) is 3.64. The standard InChI is InChI=1S/C25H24ClN3O5S2/c1-2-33-21-8-3-9-22-23(21)27-25(35-22)28(16-18-6-5-15-34-18)24(30)20-7-4-14-29(20)36(31,32)19-12-10-17(26)11-13-19/h3,5-6,8-13,15,20H,2,4,7,14,16H2,1H3. The van der Waals surface area contributed by atoms with Crippen LogP contribution < -0.4 is 9.64 Å². The number of amides is 1. The van der Waals surface area contributed by atoms with Crippen LogP contribution in [0.5, 0.6) is 5.75 Å². The third-order valence-corrected chi connectivity index (χ3v) is 9.19. The summed E-state index contributed by atoms with van der Waals surface area (Å²) in [7, 11) is -3.90. The van der Waals surface area contributed by atoms with Crippen molar-refractivity contribution in [1.29, 1.82) is 0 Å². The second-order valence-corrected chi connectivity index (χ2v) is 11.6. The summed E-state index contributed by atoms with van der Waals surface area (Å²) in [6.45, 7) is 2.76. The van der Waals surface area contributed by atoms with Gasteiger partial charge in [-0.3, -0.25) is 9.69 Å². The van der Waals surface area contributed by atoms with Gasteiger partial charge in [0.15, 0.2) is 5.13 Å². The van der Waals surface area contributed by atoms with Crippen molar-refractivity contribution in [3.8, 4) is 5.75 Å². The number of thiazole rings is 1. The summed E-state index contributed by atoms with van der Waals surface area (Å²) in [5.41, 5.74) is 0.661. The molecule has 8 nitrogen and oxygen atoms in total. The minimum Gasteiger partial charge on any atom is -0.492 e. The second-order valence-electron chi connectivity index (χ2n) is 8.26. The number of para-hydroxylation sites is 1. The molecular weight excluding hydrogens is 522 g/mol. The van der Waals surface area contributed by atoms with Crippen molar-refractivity contribution in [1.82, 2.24) is 9.29 Å². The number of hydrogen-bond donors (Lipinski definition) is 0. The Morgan fingerprint density at radius 1 is 1.22 bits per heavy atom. The summed E-state index contributed by atoms with van der Waals surface area (Å²) in [6.07, 6.45) is 2.53. The van der Waals surface area contributed by atoms with E-state index in [0.29, 0.717) is 46.6 Å². The molecule has 0 saturated carbocycles. The van der Waals surface area contributed by atoms with E-state index >= 15 is 0 Å². The molecule has 1 unspecified atom stereocenters. The van der Waals surface area contributed by atoms with Crippen LogP contribution in [0.25, 0.3) is 10.2 Å². The fraction of sp³-hybridized carbons (Fsp3) is 0.280. The highest BCUT2D eigenvalue weighted by atomic mass is 35.5. The molecule has 0 aliphatic carbocycles. The second kappa shape index (κ2) is 10.2. The van der Waals surface area contributed by atoms with Gasteiger partial charge in [-0.25, -0.2) is 13.4 Å². The molecule has 0 bridgehead atoms. The summed E-state index contributed by atoms with van der Waals surface area (Å²) >= 11 is 7.30. The smallest absolute Gasteiger partial charge is 0.247 e. The zero-order valence-electron chi connectivity index (χ0n) is 19.5. The maximum absolute atomic E-state index is 14.0. The predicted molar refractivity (Wildman–Crippen MR) is 139 cm³/mol. The lowest BCUT2D eigenvalue weighted by Crippen LogP contribution is -2.47. The van der Waals surface area contributed by atoms with Crippen LogP contribution in [0.2, 0.25) is 5.02 Å². The molecule has 2 aromatic carbocycles. The lowest BCUT2D eigenvalue weighted by atomic mass is 10.2. The van der Waals surface area contributed by atoms with Crippen LogP contribution in [0.3, 0.4) is 0 Å². The number of carbonyl (C=O) groups is 1. The summed E-state index contributed by atoms with van der Waals surface area (Å²) in [5.74, 6) is 0.854. The number of sulfonamides is 1. The van der Waals surface area contributed by atoms with Crippen LogP contribution in [0.4, 0.5) is 5.13 Å². The fourth-order valence-corrected chi connectivity index (χ4v) is 7.06. The molecule has 1 saturated heterocycles. The number of halogens is 1. The highest BCUT2D eigenvalue weighted by Gasteiger charge is 2.42. The molecule has 36 heavy (non-hydrogen) atoms. The molecule has 11 heteroatoms. The van der Waals surface area contributed by atoms with Gasteiger partial charge in [-0.2, -0.15) is 4.31 Å². The number of carbonyl (C=O) groups excluding carboxylic acids is 1. The molecule has 2 aromatic heterocycles. The van der Waals surface area contributed by atoms with Crippen molar-refractivity contribution in [2.75, 3.05) is 18.1 Å². The zero-order chi connectivity index (χ0) is 25.3. The third-order valence-electron chi connectivity index (χ3n) is 5.97. The number of hydrogen-bond acceptors (Lipinski definition) is 7. The van der Waals surface area contributed by atoms with Crippen LogP contribution in [-0.2, 0) is 21.4 Å². The van der Waals surface area contributed by atoms with Gasteiger partial charge in [-0.15, -0.1) is 0 Å². The summed E-state index contributed by atoms with van der Waals surface area (Å²) < 4.78 is 40.3. The van der Waals surface area contributed by atoms with Gasteiger partial charge in [-0.05, 0) is 68.3 Å². The number of nitrogens with zero attached hydrogens (tertiary/aromatic N) is 3. The topological polar surface area (TPSA) is 93.0 Å². The first kappa shape index (κ1) is 24.8. The average molecular weight is 546 g/mol. The van der Waals surface area contributed by atoms with E-state index in [1.165, 1.54) is 51.1 Å². The third kappa shape index (κ3) is 4.73. The van der Waals surface area contributed by atoms with Gasteiger partial charge in [0.1, 0.15) is 23.1 Å². The normalized spacial score (nSPS) is 16.4. The maximum atomic E-state index is 14.0. The van der Waals surface area contributed by atoms with Gasteiger partial charge in [0.05, 0.1) is 29.0 Å². The molecule has 3 heterocycles. The van der Waals surface area contributed by atoms with E-state index in [1.807, 2.05) is 25.1 Å². The van der Waals surface area contributed by atoms with E-state index < -0.39 is 16.1 Å². The molecule has 188 valence electrons. The minimum atomic E-state index is -3.90. The van der Waals surface area contributed by atoms with Crippen molar-refractivity contribution in [2.45, 2.75) is 37.2 Å². The summed E-state index contributed by atoms with van der Waals surface area (Å²) in [6, 6.07) is 14.3. The molecule has 0 radical (unpaired) electrons. The maximum Gasteiger partial charge on any atom is 0.247 e. The Labute approximate surface area is 218 Å². The largest absolute Gasteiger partial charge is 0.492 e. The van der Waals surface area contributed by atoms with Crippen molar-refractivity contribution in [3.05, 3.63) is 71.6 Å². The van der Waals surface area contributed by atoms with E-state index in [1.54, 1.807) is 12.1 Å². The SMILES string of the molecule is CCOc1cccc2sc(N(Cc3ccco3)C(=O)C3CCCN3S(=O)(=O)c3ccc(Cl)cc3)nc12. The lowest BCUT2D eigenvalue weighted by Gasteiger charge is -2.28. The van der Waals surface area contributed by atoms with E-state index in [2.05, 4.69) is 0 Å². The van der Waals surface area contributed by atoms with Gasteiger partial charge >= 0.3 is 0 Å². The predicted octanol–water partition coefficient (Wildman–Crippen LogP) is 5.33. The molecule has 1 fully saturated rings. The molecule has 1 aliphatic rings. The van der Waals surface area contributed by atoms with Gasteiger partial charge < -0.3 is 9.15 Å². The number of benzene rings is 2. The van der Waals surface area contributed by atoms with Crippen molar-refractivity contribution in [2.24, 2.45) is 0 Å². The molecule has 4 aromatic rings. The molecule has 1 atom stereocenters. The first-order valence-electron chi connectivity index (χ1n) is 11.5. The van der Waals surface area contributed by atoms with Crippen LogP contribution in [-0.4, -0.2) is 42.8 Å². The fourth-order valence-electron chi connectivity index (χ4n) is 4.29. The molecule has 1 amide bonds.